The van der Waals surface area contributed by atoms with E-state index in [4.69, 9.17) is 0 Å². The highest BCUT2D eigenvalue weighted by atomic mass is 16.2. The Labute approximate surface area is 309 Å². The molecular weight excluding hydrogens is 664 g/mol. The first-order valence-electron chi connectivity index (χ1n) is 19.2. The molecule has 4 aliphatic rings. The van der Waals surface area contributed by atoms with Gasteiger partial charge in [-0.25, -0.2) is 4.79 Å². The number of Topliss-reactive ketones (excluding diaryl/α,β-unsaturated/α-hetero) is 1. The first kappa shape index (κ1) is 41.0. The van der Waals surface area contributed by atoms with E-state index in [1.165, 1.54) is 15.9 Å². The molecule has 13 heteroatoms. The summed E-state index contributed by atoms with van der Waals surface area (Å²) in [6.07, 6.45) is 8.73. The molecule has 4 rings (SSSR count). The van der Waals surface area contributed by atoms with Crippen LogP contribution in [0.2, 0.25) is 0 Å². The Bertz CT molecular complexity index is 1390. The van der Waals surface area contributed by atoms with Crippen LogP contribution in [0.25, 0.3) is 0 Å². The normalized spacial score (nSPS) is 24.7. The SMILES string of the molecule is C=CCNC(=O)C(=O)C(CC1CC1)NC(=O)[C@@H]1C[C@@H](C)CN1C(=O)[C@@H](NC(=O)N[C@H](CN1C(=O)CC(C)(C)CC1=O)C(C)(C)C)C1(C)CCCCC1. The predicted molar refractivity (Wildman–Crippen MR) is 196 cm³/mol. The van der Waals surface area contributed by atoms with Crippen molar-refractivity contribution >= 4 is 41.4 Å². The molecule has 0 aromatic heterocycles. The van der Waals surface area contributed by atoms with Gasteiger partial charge in [-0.15, -0.1) is 6.58 Å². The second-order valence-corrected chi connectivity index (χ2v) is 18.1. The first-order chi connectivity index (χ1) is 24.2. The largest absolute Gasteiger partial charge is 0.346 e. The third kappa shape index (κ3) is 10.4. The van der Waals surface area contributed by atoms with Gasteiger partial charge in [0.15, 0.2) is 0 Å². The topological polar surface area (TPSA) is 174 Å². The average Bonchev–Trinajstić information content (AvgIpc) is 3.78. The lowest BCUT2D eigenvalue weighted by Crippen LogP contribution is -2.63. The maximum absolute atomic E-state index is 14.7. The standard InChI is InChI=1S/C39H62N6O7/c1-9-17-40-34(50)31(48)26(19-25-13-14-25)41-33(49)27-18-24(2)22-44(27)35(51)32(39(8)15-11-10-12-16-39)43-36(52)42-28(37(3,4)5)23-45-29(46)20-38(6,7)21-30(45)47/h9,24-28,32H,1,10-23H2,2-8H3,(H,40,50)(H,41,49)(H2,42,43,52)/t24-,26?,27+,28-,32-/m1/s1. The van der Waals surface area contributed by atoms with E-state index in [-0.39, 0.29) is 55.5 Å². The Hall–Kier alpha value is -3.77. The fourth-order valence-electron chi connectivity index (χ4n) is 7.95. The van der Waals surface area contributed by atoms with Gasteiger partial charge in [0.2, 0.25) is 29.4 Å². The number of hydrogen-bond donors (Lipinski definition) is 4. The molecule has 5 atom stereocenters. The number of ketones is 1. The van der Waals surface area contributed by atoms with Crippen molar-refractivity contribution in [1.29, 1.82) is 0 Å². The number of likely N-dealkylation sites (tertiary alicyclic amines) is 2. The third-order valence-corrected chi connectivity index (χ3v) is 11.4. The Kier molecular flexibility index (Phi) is 13.0. The lowest BCUT2D eigenvalue weighted by Gasteiger charge is -2.43. The van der Waals surface area contributed by atoms with Crippen LogP contribution in [-0.2, 0) is 28.8 Å². The van der Waals surface area contributed by atoms with E-state index in [1.54, 1.807) is 0 Å². The smallest absolute Gasteiger partial charge is 0.315 e. The minimum absolute atomic E-state index is 0.0127. The lowest BCUT2D eigenvalue weighted by atomic mass is 9.70. The van der Waals surface area contributed by atoms with E-state index in [0.717, 1.165) is 32.1 Å². The number of amides is 7. The fraction of sp³-hybridized carbons (Fsp3) is 0.769. The van der Waals surface area contributed by atoms with E-state index in [0.29, 0.717) is 32.2 Å². The molecule has 2 aliphatic carbocycles. The summed E-state index contributed by atoms with van der Waals surface area (Å²) in [5.74, 6) is -2.68. The Morgan fingerprint density at radius 2 is 1.56 bits per heavy atom. The summed E-state index contributed by atoms with van der Waals surface area (Å²) < 4.78 is 0. The average molecular weight is 727 g/mol. The molecule has 2 heterocycles. The minimum Gasteiger partial charge on any atom is -0.346 e. The molecule has 2 saturated carbocycles. The van der Waals surface area contributed by atoms with E-state index >= 15 is 0 Å². The molecule has 52 heavy (non-hydrogen) atoms. The van der Waals surface area contributed by atoms with Crippen LogP contribution >= 0.6 is 0 Å². The Morgan fingerprint density at radius 3 is 2.12 bits per heavy atom. The van der Waals surface area contributed by atoms with Crippen LogP contribution in [0.3, 0.4) is 0 Å². The number of carbonyl (C=O) groups excluding carboxylic acids is 7. The van der Waals surface area contributed by atoms with Crippen molar-refractivity contribution in [2.75, 3.05) is 19.6 Å². The monoisotopic (exact) mass is 726 g/mol. The highest BCUT2D eigenvalue weighted by Crippen LogP contribution is 2.41. The molecule has 0 aromatic rings. The Morgan fingerprint density at radius 1 is 0.942 bits per heavy atom. The van der Waals surface area contributed by atoms with Gasteiger partial charge in [-0.05, 0) is 53.8 Å². The summed E-state index contributed by atoms with van der Waals surface area (Å²) in [5.41, 5.74) is -1.55. The Balaban J connectivity index is 1.54. The number of hydrogen-bond acceptors (Lipinski definition) is 7. The van der Waals surface area contributed by atoms with E-state index in [1.807, 2.05) is 48.5 Å². The van der Waals surface area contributed by atoms with Gasteiger partial charge in [0.05, 0.1) is 12.1 Å². The van der Waals surface area contributed by atoms with Gasteiger partial charge in [0, 0.05) is 32.5 Å². The van der Waals surface area contributed by atoms with Crippen molar-refractivity contribution in [2.45, 2.75) is 143 Å². The summed E-state index contributed by atoms with van der Waals surface area (Å²) in [6, 6.07) is -4.04. The fourth-order valence-corrected chi connectivity index (χ4v) is 7.95. The third-order valence-electron chi connectivity index (χ3n) is 11.4. The predicted octanol–water partition coefficient (Wildman–Crippen LogP) is 3.61. The summed E-state index contributed by atoms with van der Waals surface area (Å²) in [5, 5.41) is 11.3. The zero-order valence-corrected chi connectivity index (χ0v) is 32.4. The van der Waals surface area contributed by atoms with Crippen LogP contribution < -0.4 is 21.3 Å². The van der Waals surface area contributed by atoms with Gasteiger partial charge in [0.1, 0.15) is 12.1 Å². The van der Waals surface area contributed by atoms with Crippen molar-refractivity contribution in [2.24, 2.45) is 28.1 Å². The van der Waals surface area contributed by atoms with Gasteiger partial charge in [-0.2, -0.15) is 0 Å². The molecule has 0 radical (unpaired) electrons. The van der Waals surface area contributed by atoms with Crippen LogP contribution in [0.5, 0.6) is 0 Å². The summed E-state index contributed by atoms with van der Waals surface area (Å²) in [6.45, 7) is 17.5. The molecule has 2 aliphatic heterocycles. The number of nitrogens with zero attached hydrogens (tertiary/aromatic N) is 2. The van der Waals surface area contributed by atoms with Crippen LogP contribution in [0.15, 0.2) is 12.7 Å². The maximum Gasteiger partial charge on any atom is 0.315 e. The summed E-state index contributed by atoms with van der Waals surface area (Å²) in [7, 11) is 0. The van der Waals surface area contributed by atoms with Crippen molar-refractivity contribution in [3.05, 3.63) is 12.7 Å². The number of carbonyl (C=O) groups is 7. The van der Waals surface area contributed by atoms with E-state index in [9.17, 15) is 33.6 Å². The second kappa shape index (κ2) is 16.5. The molecule has 0 bridgehead atoms. The van der Waals surface area contributed by atoms with Crippen molar-refractivity contribution in [3.63, 3.8) is 0 Å². The van der Waals surface area contributed by atoms with E-state index in [2.05, 4.69) is 27.8 Å². The lowest BCUT2D eigenvalue weighted by molar-refractivity contribution is -0.153. The van der Waals surface area contributed by atoms with Crippen molar-refractivity contribution in [3.8, 4) is 0 Å². The number of rotatable bonds is 14. The van der Waals surface area contributed by atoms with Gasteiger partial charge in [-0.1, -0.05) is 86.6 Å². The quantitative estimate of drug-likeness (QED) is 0.120. The second-order valence-electron chi connectivity index (χ2n) is 18.1. The van der Waals surface area contributed by atoms with Crippen LogP contribution in [0, 0.1) is 28.1 Å². The maximum atomic E-state index is 14.7. The van der Waals surface area contributed by atoms with E-state index < -0.39 is 64.0 Å². The molecule has 4 fully saturated rings. The molecule has 1 unspecified atom stereocenters. The van der Waals surface area contributed by atoms with Crippen molar-refractivity contribution < 1.29 is 33.6 Å². The van der Waals surface area contributed by atoms with Crippen LogP contribution in [-0.4, -0.2) is 95.0 Å². The van der Waals surface area contributed by atoms with Gasteiger partial charge >= 0.3 is 6.03 Å². The molecule has 0 aromatic carbocycles. The molecule has 0 spiro atoms. The van der Waals surface area contributed by atoms with Gasteiger partial charge in [-0.3, -0.25) is 33.7 Å². The zero-order chi connectivity index (χ0) is 38.6. The summed E-state index contributed by atoms with van der Waals surface area (Å²) in [4.78, 5) is 97.1. The first-order valence-corrected chi connectivity index (χ1v) is 19.2. The highest BCUT2D eigenvalue weighted by Gasteiger charge is 2.48. The molecule has 2 saturated heterocycles. The minimum atomic E-state index is -1.01. The molecule has 4 N–H and O–H groups in total. The molecule has 7 amide bonds. The van der Waals surface area contributed by atoms with Crippen LogP contribution in [0.1, 0.15) is 119 Å². The summed E-state index contributed by atoms with van der Waals surface area (Å²) >= 11 is 0. The van der Waals surface area contributed by atoms with Gasteiger partial charge in [0.25, 0.3) is 5.91 Å². The number of piperidine rings is 1. The number of imide groups is 1. The van der Waals surface area contributed by atoms with Crippen LogP contribution in [0.4, 0.5) is 4.79 Å². The molecule has 13 nitrogen and oxygen atoms in total. The molecular formula is C39H62N6O7. The highest BCUT2D eigenvalue weighted by molar-refractivity contribution is 6.38. The van der Waals surface area contributed by atoms with Crippen molar-refractivity contribution in [1.82, 2.24) is 31.1 Å². The van der Waals surface area contributed by atoms with Gasteiger partial charge < -0.3 is 26.2 Å². The number of urea groups is 1. The molecule has 290 valence electrons. The zero-order valence-electron chi connectivity index (χ0n) is 32.4. The number of nitrogens with one attached hydrogen (secondary N) is 4.